The Morgan fingerprint density at radius 1 is 0.468 bits per heavy atom. The van der Waals surface area contributed by atoms with E-state index in [2.05, 4.69) is 168 Å². The number of para-hydroxylation sites is 2. The lowest BCUT2D eigenvalue weighted by Gasteiger charge is -2.34. The van der Waals surface area contributed by atoms with Gasteiger partial charge in [0.05, 0.1) is 16.6 Å². The number of fused-ring (bicyclic) bond motifs is 6. The van der Waals surface area contributed by atoms with Crippen LogP contribution in [-0.4, -0.2) is 12.6 Å². The maximum Gasteiger partial charge on any atom is 0.179 e. The van der Waals surface area contributed by atoms with Crippen molar-refractivity contribution in [2.75, 3.05) is 0 Å². The molecule has 0 amide bonds. The van der Waals surface area contributed by atoms with Gasteiger partial charge < -0.3 is 8.98 Å². The lowest BCUT2D eigenvalue weighted by atomic mass is 10.1. The zero-order valence-corrected chi connectivity index (χ0v) is 26.5. The Balaban J connectivity index is 1.35. The van der Waals surface area contributed by atoms with Crippen LogP contribution < -0.4 is 20.7 Å². The topological polar surface area (TPSA) is 41.9 Å². The van der Waals surface area contributed by atoms with Crippen LogP contribution in [0.5, 0.6) is 0 Å². The summed E-state index contributed by atoms with van der Waals surface area (Å²) in [5.74, 6) is 0. The summed E-state index contributed by atoms with van der Waals surface area (Å²) in [4.78, 5) is 0. The molecule has 0 saturated heterocycles. The number of nitriles is 1. The second kappa shape index (κ2) is 10.7. The summed E-state index contributed by atoms with van der Waals surface area (Å²) < 4.78 is 8.71. The molecule has 9 rings (SSSR count). The van der Waals surface area contributed by atoms with Crippen molar-refractivity contribution in [1.29, 1.82) is 5.26 Å². The average molecular weight is 617 g/mol. The molecule has 0 aliphatic rings. The summed E-state index contributed by atoms with van der Waals surface area (Å²) in [6.07, 6.45) is 0. The van der Waals surface area contributed by atoms with Gasteiger partial charge in [-0.1, -0.05) is 133 Å². The standard InChI is InChI=1S/C43H28N2OSi/c44-29-30-13-12-21-37-36-20-10-11-22-40(36)45(43(30)37)31-23-25-41-38(27-31)39-28-35(24-26-42(39)46-41)47(32-14-4-1-5-15-32,33-16-6-2-7-17-33)34-18-8-3-9-19-34/h1-28H. The lowest BCUT2D eigenvalue weighted by molar-refractivity contribution is 0.669. The number of nitrogens with zero attached hydrogens (tertiary/aromatic N) is 2. The Hall–Kier alpha value is -6.15. The zero-order chi connectivity index (χ0) is 31.4. The first kappa shape index (κ1) is 27.2. The van der Waals surface area contributed by atoms with Gasteiger partial charge in [0.15, 0.2) is 8.07 Å². The molecule has 7 aromatic carbocycles. The molecule has 0 spiro atoms. The van der Waals surface area contributed by atoms with Crippen LogP contribution in [0.25, 0.3) is 49.4 Å². The van der Waals surface area contributed by atoms with Gasteiger partial charge in [-0.05, 0) is 57.1 Å². The van der Waals surface area contributed by atoms with E-state index in [0.29, 0.717) is 5.56 Å². The quantitative estimate of drug-likeness (QED) is 0.146. The molecule has 0 radical (unpaired) electrons. The van der Waals surface area contributed by atoms with E-state index in [1.807, 2.05) is 12.1 Å². The number of furan rings is 1. The Labute approximate surface area is 273 Å². The molecular formula is C43H28N2OSi. The minimum atomic E-state index is -2.71. The minimum absolute atomic E-state index is 0.655. The molecule has 0 unspecified atom stereocenters. The van der Waals surface area contributed by atoms with Gasteiger partial charge in [0.1, 0.15) is 17.2 Å². The normalized spacial score (nSPS) is 11.8. The van der Waals surface area contributed by atoms with Crippen molar-refractivity contribution < 1.29 is 4.42 Å². The maximum atomic E-state index is 10.1. The van der Waals surface area contributed by atoms with Crippen LogP contribution in [0.3, 0.4) is 0 Å². The highest BCUT2D eigenvalue weighted by molar-refractivity contribution is 7.20. The van der Waals surface area contributed by atoms with Gasteiger partial charge in [-0.3, -0.25) is 0 Å². The monoisotopic (exact) mass is 616 g/mol. The van der Waals surface area contributed by atoms with Gasteiger partial charge >= 0.3 is 0 Å². The number of rotatable bonds is 5. The maximum absolute atomic E-state index is 10.1. The van der Waals surface area contributed by atoms with E-state index in [0.717, 1.165) is 49.4 Å². The molecule has 9 aromatic rings. The third kappa shape index (κ3) is 4.04. The molecule has 0 atom stereocenters. The molecule has 0 N–H and O–H groups in total. The second-order valence-corrected chi connectivity index (χ2v) is 15.8. The fourth-order valence-electron chi connectivity index (χ4n) is 7.58. The first-order chi connectivity index (χ1) is 23.3. The van der Waals surface area contributed by atoms with Crippen molar-refractivity contribution in [3.63, 3.8) is 0 Å². The van der Waals surface area contributed by atoms with Crippen LogP contribution in [0, 0.1) is 11.3 Å². The predicted molar refractivity (Wildman–Crippen MR) is 196 cm³/mol. The van der Waals surface area contributed by atoms with Gasteiger partial charge in [0, 0.05) is 27.2 Å². The van der Waals surface area contributed by atoms with Gasteiger partial charge in [-0.15, -0.1) is 0 Å². The molecule has 0 aliphatic carbocycles. The summed E-state index contributed by atoms with van der Waals surface area (Å²) in [6.45, 7) is 0. The average Bonchev–Trinajstić information content (AvgIpc) is 3.68. The molecule has 3 nitrogen and oxygen atoms in total. The summed E-state index contributed by atoms with van der Waals surface area (Å²) in [6, 6.07) is 62.9. The first-order valence-electron chi connectivity index (χ1n) is 15.8. The summed E-state index contributed by atoms with van der Waals surface area (Å²) in [7, 11) is -2.71. The number of benzene rings is 7. The van der Waals surface area contributed by atoms with Crippen LogP contribution in [0.2, 0.25) is 0 Å². The molecule has 2 aromatic heterocycles. The smallest absolute Gasteiger partial charge is 0.179 e. The second-order valence-electron chi connectivity index (χ2n) is 12.0. The van der Waals surface area contributed by atoms with Gasteiger partial charge in [0.2, 0.25) is 0 Å². The van der Waals surface area contributed by atoms with Crippen LogP contribution in [0.4, 0.5) is 0 Å². The Morgan fingerprint density at radius 2 is 1.02 bits per heavy atom. The molecule has 220 valence electrons. The van der Waals surface area contributed by atoms with Crippen molar-refractivity contribution in [3.8, 4) is 11.8 Å². The highest BCUT2D eigenvalue weighted by atomic mass is 28.3. The van der Waals surface area contributed by atoms with E-state index < -0.39 is 8.07 Å². The van der Waals surface area contributed by atoms with Crippen LogP contribution in [-0.2, 0) is 0 Å². The number of hydrogen-bond donors (Lipinski definition) is 0. The van der Waals surface area contributed by atoms with Crippen molar-refractivity contribution in [1.82, 2.24) is 4.57 Å². The lowest BCUT2D eigenvalue weighted by Crippen LogP contribution is -2.74. The summed E-state index contributed by atoms with van der Waals surface area (Å²) >= 11 is 0. The molecular weight excluding hydrogens is 589 g/mol. The highest BCUT2D eigenvalue weighted by Crippen LogP contribution is 2.36. The van der Waals surface area contributed by atoms with E-state index in [1.54, 1.807) is 0 Å². The van der Waals surface area contributed by atoms with Crippen LogP contribution in [0.15, 0.2) is 174 Å². The fourth-order valence-corrected chi connectivity index (χ4v) is 12.4. The van der Waals surface area contributed by atoms with Crippen molar-refractivity contribution in [3.05, 3.63) is 175 Å². The Morgan fingerprint density at radius 3 is 1.66 bits per heavy atom. The predicted octanol–water partition coefficient (Wildman–Crippen LogP) is 7.93. The summed E-state index contributed by atoms with van der Waals surface area (Å²) in [5.41, 5.74) is 5.35. The van der Waals surface area contributed by atoms with Crippen LogP contribution in [0.1, 0.15) is 5.56 Å². The molecule has 0 bridgehead atoms. The molecule has 47 heavy (non-hydrogen) atoms. The SMILES string of the molecule is N#Cc1cccc2c3ccccc3n(-c3ccc4oc5ccc([Si](c6ccccc6)(c6ccccc6)c6ccccc6)cc5c4c3)c12. The zero-order valence-electron chi connectivity index (χ0n) is 25.5. The minimum Gasteiger partial charge on any atom is -0.456 e. The molecule has 0 saturated carbocycles. The molecule has 2 heterocycles. The van der Waals surface area contributed by atoms with Gasteiger partial charge in [0.25, 0.3) is 0 Å². The largest absolute Gasteiger partial charge is 0.456 e. The van der Waals surface area contributed by atoms with Crippen molar-refractivity contribution in [2.24, 2.45) is 0 Å². The Kier molecular flexibility index (Phi) is 6.21. The van der Waals surface area contributed by atoms with E-state index in [4.69, 9.17) is 4.42 Å². The molecule has 0 aliphatic heterocycles. The third-order valence-corrected chi connectivity index (χ3v) is 14.4. The van der Waals surface area contributed by atoms with Gasteiger partial charge in [-0.2, -0.15) is 5.26 Å². The molecule has 4 heteroatoms. The van der Waals surface area contributed by atoms with E-state index in [1.165, 1.54) is 20.7 Å². The van der Waals surface area contributed by atoms with Crippen LogP contribution >= 0.6 is 0 Å². The van der Waals surface area contributed by atoms with Gasteiger partial charge in [-0.25, -0.2) is 0 Å². The summed E-state index contributed by atoms with van der Waals surface area (Å²) in [5, 5.41) is 19.8. The van der Waals surface area contributed by atoms with Crippen molar-refractivity contribution in [2.45, 2.75) is 0 Å². The van der Waals surface area contributed by atoms with E-state index in [-0.39, 0.29) is 0 Å². The van der Waals surface area contributed by atoms with Crippen molar-refractivity contribution >= 4 is 72.6 Å². The molecule has 0 fully saturated rings. The number of aromatic nitrogens is 1. The Bertz CT molecular complexity index is 2530. The first-order valence-corrected chi connectivity index (χ1v) is 17.8. The fraction of sp³-hybridized carbons (Fsp3) is 0. The van der Waals surface area contributed by atoms with E-state index >= 15 is 0 Å². The highest BCUT2D eigenvalue weighted by Gasteiger charge is 2.41. The third-order valence-electron chi connectivity index (χ3n) is 9.58. The number of hydrogen-bond acceptors (Lipinski definition) is 2. The van der Waals surface area contributed by atoms with E-state index in [9.17, 15) is 5.26 Å².